The summed E-state index contributed by atoms with van der Waals surface area (Å²) in [7, 11) is 1.50. The highest BCUT2D eigenvalue weighted by Gasteiger charge is 2.08. The summed E-state index contributed by atoms with van der Waals surface area (Å²) in [6.45, 7) is 0.215. The van der Waals surface area contributed by atoms with Crippen LogP contribution in [0.4, 0.5) is 14.9 Å². The SMILES string of the molecule is COc1ccc(Cl)cc1NC(=O)NCc1cccc(F)c1. The van der Waals surface area contributed by atoms with Crippen LogP contribution in [-0.2, 0) is 6.54 Å². The highest BCUT2D eigenvalue weighted by molar-refractivity contribution is 6.31. The van der Waals surface area contributed by atoms with E-state index in [2.05, 4.69) is 10.6 Å². The summed E-state index contributed by atoms with van der Waals surface area (Å²) in [5.41, 5.74) is 1.13. The van der Waals surface area contributed by atoms with Crippen molar-refractivity contribution in [2.75, 3.05) is 12.4 Å². The predicted octanol–water partition coefficient (Wildman–Crippen LogP) is 3.81. The van der Waals surface area contributed by atoms with Crippen molar-refractivity contribution in [1.82, 2.24) is 5.32 Å². The Bertz CT molecular complexity index is 649. The molecule has 6 heteroatoms. The van der Waals surface area contributed by atoms with Gasteiger partial charge in [-0.2, -0.15) is 0 Å². The largest absolute Gasteiger partial charge is 0.495 e. The number of halogens is 2. The Balaban J connectivity index is 1.97. The van der Waals surface area contributed by atoms with E-state index in [1.807, 2.05) is 0 Å². The number of benzene rings is 2. The lowest BCUT2D eigenvalue weighted by Gasteiger charge is -2.11. The monoisotopic (exact) mass is 308 g/mol. The van der Waals surface area contributed by atoms with Crippen LogP contribution in [0.15, 0.2) is 42.5 Å². The van der Waals surface area contributed by atoms with Crippen LogP contribution in [0.1, 0.15) is 5.56 Å². The molecule has 2 N–H and O–H groups in total. The van der Waals surface area contributed by atoms with Gasteiger partial charge in [0.1, 0.15) is 11.6 Å². The molecule has 2 amide bonds. The van der Waals surface area contributed by atoms with E-state index in [0.29, 0.717) is 22.0 Å². The van der Waals surface area contributed by atoms with E-state index >= 15 is 0 Å². The summed E-state index contributed by atoms with van der Waals surface area (Å²) in [6.07, 6.45) is 0. The number of carbonyl (C=O) groups excluding carboxylic acids is 1. The molecule has 2 aromatic carbocycles. The van der Waals surface area contributed by atoms with E-state index in [9.17, 15) is 9.18 Å². The minimum atomic E-state index is -0.431. The average molecular weight is 309 g/mol. The number of amides is 2. The fourth-order valence-electron chi connectivity index (χ4n) is 1.77. The molecule has 0 fully saturated rings. The van der Waals surface area contributed by atoms with Gasteiger partial charge in [-0.1, -0.05) is 23.7 Å². The maximum Gasteiger partial charge on any atom is 0.319 e. The third kappa shape index (κ3) is 4.36. The maximum absolute atomic E-state index is 13.0. The van der Waals surface area contributed by atoms with Crippen molar-refractivity contribution in [3.8, 4) is 5.75 Å². The Kier molecular flexibility index (Phi) is 5.00. The fourth-order valence-corrected chi connectivity index (χ4v) is 1.95. The van der Waals surface area contributed by atoms with Crippen LogP contribution < -0.4 is 15.4 Å². The van der Waals surface area contributed by atoms with Gasteiger partial charge in [-0.25, -0.2) is 9.18 Å². The molecule has 110 valence electrons. The predicted molar refractivity (Wildman–Crippen MR) is 80.3 cm³/mol. The highest BCUT2D eigenvalue weighted by Crippen LogP contribution is 2.27. The van der Waals surface area contributed by atoms with Crippen LogP contribution in [0.5, 0.6) is 5.75 Å². The summed E-state index contributed by atoms with van der Waals surface area (Å²) in [5.74, 6) is 0.159. The molecule has 0 aliphatic carbocycles. The summed E-state index contributed by atoms with van der Waals surface area (Å²) in [5, 5.41) is 5.75. The second kappa shape index (κ2) is 6.95. The van der Waals surface area contributed by atoms with E-state index in [0.717, 1.165) is 0 Å². The third-order valence-electron chi connectivity index (χ3n) is 2.75. The number of carbonyl (C=O) groups is 1. The van der Waals surface area contributed by atoms with Crippen molar-refractivity contribution in [2.24, 2.45) is 0 Å². The molecule has 0 unspecified atom stereocenters. The smallest absolute Gasteiger partial charge is 0.319 e. The Morgan fingerprint density at radius 1 is 1.29 bits per heavy atom. The first-order valence-corrected chi connectivity index (χ1v) is 6.59. The number of rotatable bonds is 4. The molecule has 21 heavy (non-hydrogen) atoms. The van der Waals surface area contributed by atoms with Gasteiger partial charge in [0.2, 0.25) is 0 Å². The Morgan fingerprint density at radius 2 is 2.10 bits per heavy atom. The first kappa shape index (κ1) is 15.1. The second-order valence-corrected chi connectivity index (χ2v) is 4.72. The number of hydrogen-bond donors (Lipinski definition) is 2. The molecule has 2 aromatic rings. The van der Waals surface area contributed by atoms with Gasteiger partial charge in [0.05, 0.1) is 12.8 Å². The first-order chi connectivity index (χ1) is 10.1. The summed E-state index contributed by atoms with van der Waals surface area (Å²) in [6, 6.07) is 10.5. The lowest BCUT2D eigenvalue weighted by molar-refractivity contribution is 0.251. The molecule has 0 heterocycles. The van der Waals surface area contributed by atoms with Crippen LogP contribution in [-0.4, -0.2) is 13.1 Å². The minimum absolute atomic E-state index is 0.215. The van der Waals surface area contributed by atoms with Gasteiger partial charge in [0.25, 0.3) is 0 Å². The zero-order valence-corrected chi connectivity index (χ0v) is 12.1. The minimum Gasteiger partial charge on any atom is -0.495 e. The van der Waals surface area contributed by atoms with E-state index < -0.39 is 6.03 Å². The molecule has 0 bridgehead atoms. The zero-order valence-electron chi connectivity index (χ0n) is 11.3. The molecule has 0 aliphatic rings. The van der Waals surface area contributed by atoms with Gasteiger partial charge >= 0.3 is 6.03 Å². The van der Waals surface area contributed by atoms with E-state index in [1.54, 1.807) is 30.3 Å². The van der Waals surface area contributed by atoms with Crippen molar-refractivity contribution in [3.63, 3.8) is 0 Å². The van der Waals surface area contributed by atoms with Crippen molar-refractivity contribution >= 4 is 23.3 Å². The van der Waals surface area contributed by atoms with Crippen LogP contribution in [0.3, 0.4) is 0 Å². The van der Waals surface area contributed by atoms with Gasteiger partial charge in [0.15, 0.2) is 0 Å². The molecular formula is C15H14ClFN2O2. The van der Waals surface area contributed by atoms with Crippen LogP contribution in [0.2, 0.25) is 5.02 Å². The summed E-state index contributed by atoms with van der Waals surface area (Å²) in [4.78, 5) is 11.8. The van der Waals surface area contributed by atoms with Crippen LogP contribution >= 0.6 is 11.6 Å². The van der Waals surface area contributed by atoms with Crippen molar-refractivity contribution in [3.05, 3.63) is 58.9 Å². The number of anilines is 1. The number of urea groups is 1. The molecular weight excluding hydrogens is 295 g/mol. The topological polar surface area (TPSA) is 50.4 Å². The molecule has 0 aliphatic heterocycles. The van der Waals surface area contributed by atoms with E-state index in [-0.39, 0.29) is 12.4 Å². The number of nitrogens with one attached hydrogen (secondary N) is 2. The van der Waals surface area contributed by atoms with Crippen molar-refractivity contribution in [2.45, 2.75) is 6.54 Å². The molecule has 0 aromatic heterocycles. The third-order valence-corrected chi connectivity index (χ3v) is 2.99. The molecule has 2 rings (SSSR count). The lowest BCUT2D eigenvalue weighted by atomic mass is 10.2. The summed E-state index contributed by atoms with van der Waals surface area (Å²) < 4.78 is 18.2. The highest BCUT2D eigenvalue weighted by atomic mass is 35.5. The van der Waals surface area contributed by atoms with Gasteiger partial charge in [-0.3, -0.25) is 0 Å². The first-order valence-electron chi connectivity index (χ1n) is 6.21. The molecule has 0 radical (unpaired) electrons. The van der Waals surface area contributed by atoms with Gasteiger partial charge in [-0.05, 0) is 35.9 Å². The van der Waals surface area contributed by atoms with Gasteiger partial charge < -0.3 is 15.4 Å². The normalized spacial score (nSPS) is 10.0. The van der Waals surface area contributed by atoms with Crippen LogP contribution in [0.25, 0.3) is 0 Å². The zero-order chi connectivity index (χ0) is 15.2. The summed E-state index contributed by atoms with van der Waals surface area (Å²) >= 11 is 5.88. The molecule has 0 saturated carbocycles. The standard InChI is InChI=1S/C15H14ClFN2O2/c1-21-14-6-5-11(16)8-13(14)19-15(20)18-9-10-3-2-4-12(17)7-10/h2-8H,9H2,1H3,(H2,18,19,20). The quantitative estimate of drug-likeness (QED) is 0.902. The second-order valence-electron chi connectivity index (χ2n) is 4.28. The van der Waals surface area contributed by atoms with Crippen molar-refractivity contribution < 1.29 is 13.9 Å². The lowest BCUT2D eigenvalue weighted by Crippen LogP contribution is -2.28. The number of ether oxygens (including phenoxy) is 1. The van der Waals surface area contributed by atoms with E-state index in [4.69, 9.17) is 16.3 Å². The number of hydrogen-bond acceptors (Lipinski definition) is 2. The van der Waals surface area contributed by atoms with Crippen LogP contribution in [0, 0.1) is 5.82 Å². The molecule has 0 atom stereocenters. The Hall–Kier alpha value is -2.27. The van der Waals surface area contributed by atoms with Gasteiger partial charge in [0, 0.05) is 11.6 Å². The van der Waals surface area contributed by atoms with E-state index in [1.165, 1.54) is 19.2 Å². The van der Waals surface area contributed by atoms with Gasteiger partial charge in [-0.15, -0.1) is 0 Å². The fraction of sp³-hybridized carbons (Fsp3) is 0.133. The Labute approximate surface area is 126 Å². The molecule has 4 nitrogen and oxygen atoms in total. The molecule has 0 saturated heterocycles. The Morgan fingerprint density at radius 3 is 2.81 bits per heavy atom. The average Bonchev–Trinajstić information content (AvgIpc) is 2.45. The van der Waals surface area contributed by atoms with Crippen molar-refractivity contribution in [1.29, 1.82) is 0 Å². The maximum atomic E-state index is 13.0. The number of methoxy groups -OCH3 is 1. The molecule has 0 spiro atoms.